The Bertz CT molecular complexity index is 436. The molecule has 2 fully saturated rings. The molecule has 3 nitrogen and oxygen atoms in total. The van der Waals surface area contributed by atoms with E-state index in [-0.39, 0.29) is 6.04 Å². The molecule has 2 atom stereocenters. The molecule has 1 saturated heterocycles. The van der Waals surface area contributed by atoms with Gasteiger partial charge in [0.2, 0.25) is 0 Å². The van der Waals surface area contributed by atoms with Crippen LogP contribution in [0.4, 0.5) is 5.82 Å². The van der Waals surface area contributed by atoms with Gasteiger partial charge in [-0.25, -0.2) is 4.98 Å². The molecule has 0 amide bonds. The first-order chi connectivity index (χ1) is 10.3. The molecule has 2 N–H and O–H groups in total. The Labute approximate surface area is 128 Å². The minimum Gasteiger partial charge on any atom is -0.353 e. The lowest BCUT2D eigenvalue weighted by Crippen LogP contribution is -2.35. The molecular weight excluding hydrogens is 258 g/mol. The minimum absolute atomic E-state index is 0.260. The summed E-state index contributed by atoms with van der Waals surface area (Å²) in [7, 11) is 0. The Morgan fingerprint density at radius 3 is 2.71 bits per heavy atom. The molecule has 1 aromatic rings. The highest BCUT2D eigenvalue weighted by Gasteiger charge is 2.33. The van der Waals surface area contributed by atoms with Crippen LogP contribution in [0.1, 0.15) is 57.4 Å². The monoisotopic (exact) mass is 287 g/mol. The molecule has 1 aliphatic carbocycles. The zero-order chi connectivity index (χ0) is 14.7. The normalized spacial score (nSPS) is 24.7. The van der Waals surface area contributed by atoms with Crippen molar-refractivity contribution in [2.75, 3.05) is 11.4 Å². The molecule has 21 heavy (non-hydrogen) atoms. The van der Waals surface area contributed by atoms with Crippen molar-refractivity contribution in [3.8, 4) is 0 Å². The molecule has 2 unspecified atom stereocenters. The Morgan fingerprint density at radius 1 is 1.24 bits per heavy atom. The van der Waals surface area contributed by atoms with Gasteiger partial charge in [0.1, 0.15) is 5.82 Å². The van der Waals surface area contributed by atoms with Crippen LogP contribution in [0, 0.1) is 5.92 Å². The molecule has 1 aromatic heterocycles. The smallest absolute Gasteiger partial charge is 0.128 e. The Kier molecular flexibility index (Phi) is 4.79. The van der Waals surface area contributed by atoms with Crippen molar-refractivity contribution in [2.45, 2.75) is 70.4 Å². The summed E-state index contributed by atoms with van der Waals surface area (Å²) in [6.07, 6.45) is 12.4. The van der Waals surface area contributed by atoms with Gasteiger partial charge in [-0.15, -0.1) is 0 Å². The van der Waals surface area contributed by atoms with Crippen LogP contribution >= 0.6 is 0 Å². The van der Waals surface area contributed by atoms with Crippen LogP contribution in [0.15, 0.2) is 18.3 Å². The Hall–Kier alpha value is -1.09. The van der Waals surface area contributed by atoms with E-state index >= 15 is 0 Å². The van der Waals surface area contributed by atoms with Crippen LogP contribution in [-0.2, 0) is 6.42 Å². The molecule has 1 saturated carbocycles. The summed E-state index contributed by atoms with van der Waals surface area (Å²) in [5, 5.41) is 0. The van der Waals surface area contributed by atoms with Gasteiger partial charge >= 0.3 is 0 Å². The number of rotatable bonds is 5. The first-order valence-corrected chi connectivity index (χ1v) is 8.75. The summed E-state index contributed by atoms with van der Waals surface area (Å²) < 4.78 is 0. The van der Waals surface area contributed by atoms with E-state index in [0.29, 0.717) is 0 Å². The van der Waals surface area contributed by atoms with Crippen molar-refractivity contribution in [1.82, 2.24) is 4.98 Å². The lowest BCUT2D eigenvalue weighted by Gasteiger charge is -2.30. The van der Waals surface area contributed by atoms with Crippen molar-refractivity contribution in [3.05, 3.63) is 23.9 Å². The molecular formula is C18H29N3. The maximum Gasteiger partial charge on any atom is 0.128 e. The zero-order valence-electron chi connectivity index (χ0n) is 13.3. The molecule has 0 radical (unpaired) electrons. The maximum absolute atomic E-state index is 6.03. The quantitative estimate of drug-likeness (QED) is 0.901. The number of nitrogens with two attached hydrogens (primary N) is 1. The van der Waals surface area contributed by atoms with Crippen LogP contribution in [0.3, 0.4) is 0 Å². The largest absolute Gasteiger partial charge is 0.353 e. The average molecular weight is 287 g/mol. The predicted octanol–water partition coefficient (Wildman–Crippen LogP) is 3.52. The van der Waals surface area contributed by atoms with Crippen LogP contribution in [0.5, 0.6) is 0 Å². The van der Waals surface area contributed by atoms with E-state index in [9.17, 15) is 0 Å². The van der Waals surface area contributed by atoms with Crippen molar-refractivity contribution in [2.24, 2.45) is 11.7 Å². The van der Waals surface area contributed by atoms with E-state index in [1.54, 1.807) is 0 Å². The fourth-order valence-corrected chi connectivity index (χ4v) is 4.06. The van der Waals surface area contributed by atoms with E-state index in [0.717, 1.165) is 24.8 Å². The molecule has 116 valence electrons. The van der Waals surface area contributed by atoms with Gasteiger partial charge in [0, 0.05) is 24.8 Å². The van der Waals surface area contributed by atoms with Crippen LogP contribution in [0.25, 0.3) is 0 Å². The Balaban J connectivity index is 1.67. The highest BCUT2D eigenvalue weighted by atomic mass is 15.2. The number of hydrogen-bond acceptors (Lipinski definition) is 3. The molecule has 0 spiro atoms. The van der Waals surface area contributed by atoms with Gasteiger partial charge in [-0.2, -0.15) is 0 Å². The molecule has 0 aromatic carbocycles. The van der Waals surface area contributed by atoms with Gasteiger partial charge in [0.05, 0.1) is 0 Å². The Morgan fingerprint density at radius 2 is 2.05 bits per heavy atom. The molecule has 2 aliphatic rings. The number of hydrogen-bond donors (Lipinski definition) is 1. The first-order valence-electron chi connectivity index (χ1n) is 8.75. The minimum atomic E-state index is 0.260. The summed E-state index contributed by atoms with van der Waals surface area (Å²) >= 11 is 0. The van der Waals surface area contributed by atoms with Crippen LogP contribution < -0.4 is 10.6 Å². The summed E-state index contributed by atoms with van der Waals surface area (Å²) in [5.74, 6) is 2.08. The highest BCUT2D eigenvalue weighted by Crippen LogP contribution is 2.37. The molecule has 0 bridgehead atoms. The van der Waals surface area contributed by atoms with E-state index in [2.05, 4.69) is 24.0 Å². The standard InChI is InChI=1S/C18H29N3/c1-2-16(19)12-14-9-10-18(20-13-14)21-11-5-8-17(21)15-6-3-4-7-15/h9-10,13,15-17H,2-8,11-12,19H2,1H3. The average Bonchev–Trinajstić information content (AvgIpc) is 3.18. The van der Waals surface area contributed by atoms with Gasteiger partial charge in [0.15, 0.2) is 0 Å². The second-order valence-corrected chi connectivity index (χ2v) is 6.84. The predicted molar refractivity (Wildman–Crippen MR) is 88.5 cm³/mol. The summed E-state index contributed by atoms with van der Waals surface area (Å²) in [6.45, 7) is 3.32. The lowest BCUT2D eigenvalue weighted by atomic mass is 9.96. The molecule has 3 heteroatoms. The third-order valence-corrected chi connectivity index (χ3v) is 5.37. The maximum atomic E-state index is 6.03. The van der Waals surface area contributed by atoms with E-state index in [4.69, 9.17) is 10.7 Å². The van der Waals surface area contributed by atoms with Crippen LogP contribution in [0.2, 0.25) is 0 Å². The third-order valence-electron chi connectivity index (χ3n) is 5.37. The number of pyridine rings is 1. The van der Waals surface area contributed by atoms with Gasteiger partial charge in [-0.1, -0.05) is 25.8 Å². The topological polar surface area (TPSA) is 42.1 Å². The van der Waals surface area contributed by atoms with E-state index in [1.165, 1.54) is 56.5 Å². The lowest BCUT2D eigenvalue weighted by molar-refractivity contribution is 0.429. The van der Waals surface area contributed by atoms with Crippen molar-refractivity contribution in [3.63, 3.8) is 0 Å². The van der Waals surface area contributed by atoms with Crippen molar-refractivity contribution in [1.29, 1.82) is 0 Å². The summed E-state index contributed by atoms with van der Waals surface area (Å²) in [6, 6.07) is 5.44. The molecule has 1 aliphatic heterocycles. The fourth-order valence-electron chi connectivity index (χ4n) is 4.06. The second-order valence-electron chi connectivity index (χ2n) is 6.84. The molecule has 3 rings (SSSR count). The number of nitrogens with zero attached hydrogens (tertiary/aromatic N) is 2. The SMILES string of the molecule is CCC(N)Cc1ccc(N2CCCC2C2CCCC2)nc1. The van der Waals surface area contributed by atoms with Gasteiger partial charge in [-0.3, -0.25) is 0 Å². The number of anilines is 1. The zero-order valence-corrected chi connectivity index (χ0v) is 13.3. The van der Waals surface area contributed by atoms with Crippen molar-refractivity contribution < 1.29 is 0 Å². The highest BCUT2D eigenvalue weighted by molar-refractivity contribution is 5.42. The molecule has 2 heterocycles. The van der Waals surface area contributed by atoms with E-state index < -0.39 is 0 Å². The van der Waals surface area contributed by atoms with Gasteiger partial charge < -0.3 is 10.6 Å². The fraction of sp³-hybridized carbons (Fsp3) is 0.722. The van der Waals surface area contributed by atoms with Crippen molar-refractivity contribution >= 4 is 5.82 Å². The summed E-state index contributed by atoms with van der Waals surface area (Å²) in [4.78, 5) is 7.31. The number of aromatic nitrogens is 1. The second kappa shape index (κ2) is 6.78. The van der Waals surface area contributed by atoms with Gasteiger partial charge in [-0.05, 0) is 56.1 Å². The summed E-state index contributed by atoms with van der Waals surface area (Å²) in [5.41, 5.74) is 7.30. The van der Waals surface area contributed by atoms with Gasteiger partial charge in [0.25, 0.3) is 0 Å². The third kappa shape index (κ3) is 3.39. The van der Waals surface area contributed by atoms with Crippen LogP contribution in [-0.4, -0.2) is 23.6 Å². The van der Waals surface area contributed by atoms with E-state index in [1.807, 2.05) is 6.20 Å². The first kappa shape index (κ1) is 14.8.